The Labute approximate surface area is 161 Å². The number of aromatic nitrogens is 3. The summed E-state index contributed by atoms with van der Waals surface area (Å²) >= 11 is 6.15. The predicted octanol–water partition coefficient (Wildman–Crippen LogP) is 5.60. The number of halogens is 1. The van der Waals surface area contributed by atoms with Gasteiger partial charge < -0.3 is 15.4 Å². The fraction of sp³-hybridized carbons (Fsp3) is 0.526. The van der Waals surface area contributed by atoms with Gasteiger partial charge in [-0.1, -0.05) is 45.2 Å². The number of anilines is 3. The van der Waals surface area contributed by atoms with Gasteiger partial charge in [-0.05, 0) is 38.5 Å². The van der Waals surface area contributed by atoms with Gasteiger partial charge in [0, 0.05) is 11.7 Å². The summed E-state index contributed by atoms with van der Waals surface area (Å²) in [6.45, 7) is 10.2. The van der Waals surface area contributed by atoms with Crippen molar-refractivity contribution in [2.45, 2.75) is 59.9 Å². The van der Waals surface area contributed by atoms with Crippen molar-refractivity contribution < 1.29 is 4.74 Å². The molecule has 0 spiro atoms. The third-order valence-electron chi connectivity index (χ3n) is 3.52. The summed E-state index contributed by atoms with van der Waals surface area (Å²) in [5.41, 5.74) is 0.788. The number of aryl methyl sites for hydroxylation is 1. The van der Waals surface area contributed by atoms with E-state index in [4.69, 9.17) is 16.3 Å². The third kappa shape index (κ3) is 7.04. The summed E-state index contributed by atoms with van der Waals surface area (Å²) in [7, 11) is 1.58. The van der Waals surface area contributed by atoms with Crippen LogP contribution >= 0.6 is 11.6 Å². The zero-order chi connectivity index (χ0) is 19.5. The molecular formula is C19H30ClN5O. The standard InChI is InChI=1S/C17H24ClN5O.C2H6/c1-5-6-7-11(2)19-16-20-12(3)21-17(23-16)22-13-8-9-15(24-4)14(18)10-13;1-2/h8-11H,5-7H2,1-4H3,(H2,19,20,21,22,23);1-2H3. The lowest BCUT2D eigenvalue weighted by atomic mass is 10.1. The SMILES string of the molecule is CC.CCCCC(C)Nc1nc(C)nc(Nc2ccc(OC)c(Cl)c2)n1. The first-order valence-corrected chi connectivity index (χ1v) is 9.49. The molecule has 0 fully saturated rings. The van der Waals surface area contributed by atoms with E-state index in [1.165, 1.54) is 12.8 Å². The van der Waals surface area contributed by atoms with E-state index >= 15 is 0 Å². The van der Waals surface area contributed by atoms with Crippen LogP contribution in [0.25, 0.3) is 0 Å². The number of rotatable bonds is 8. The molecule has 1 aromatic heterocycles. The minimum Gasteiger partial charge on any atom is -0.495 e. The molecule has 2 N–H and O–H groups in total. The van der Waals surface area contributed by atoms with Crippen LogP contribution in [-0.2, 0) is 0 Å². The van der Waals surface area contributed by atoms with Crippen molar-refractivity contribution in [3.8, 4) is 5.75 Å². The number of benzene rings is 1. The van der Waals surface area contributed by atoms with Crippen LogP contribution in [0.15, 0.2) is 18.2 Å². The average Bonchev–Trinajstić information content (AvgIpc) is 2.61. The summed E-state index contributed by atoms with van der Waals surface area (Å²) in [5.74, 6) is 2.33. The van der Waals surface area contributed by atoms with Gasteiger partial charge in [-0.2, -0.15) is 15.0 Å². The highest BCUT2D eigenvalue weighted by molar-refractivity contribution is 6.32. The Morgan fingerprint density at radius 1 is 1.15 bits per heavy atom. The summed E-state index contributed by atoms with van der Waals surface area (Å²) in [6, 6.07) is 5.75. The van der Waals surface area contributed by atoms with Crippen LogP contribution in [0.2, 0.25) is 5.02 Å². The lowest BCUT2D eigenvalue weighted by molar-refractivity contribution is 0.415. The van der Waals surface area contributed by atoms with Crippen molar-refractivity contribution in [1.82, 2.24) is 15.0 Å². The lowest BCUT2D eigenvalue weighted by Crippen LogP contribution is -2.18. The molecule has 0 aliphatic heterocycles. The van der Waals surface area contributed by atoms with E-state index < -0.39 is 0 Å². The van der Waals surface area contributed by atoms with Gasteiger partial charge in [0.2, 0.25) is 11.9 Å². The normalized spacial score (nSPS) is 11.2. The Bertz CT molecular complexity index is 681. The van der Waals surface area contributed by atoms with Gasteiger partial charge in [0.05, 0.1) is 12.1 Å². The highest BCUT2D eigenvalue weighted by Gasteiger charge is 2.09. The Morgan fingerprint density at radius 3 is 2.46 bits per heavy atom. The Balaban J connectivity index is 0.00000163. The molecule has 0 amide bonds. The second-order valence-corrected chi connectivity index (χ2v) is 6.10. The number of hydrogen-bond acceptors (Lipinski definition) is 6. The molecule has 1 unspecified atom stereocenters. The average molecular weight is 380 g/mol. The predicted molar refractivity (Wildman–Crippen MR) is 110 cm³/mol. The van der Waals surface area contributed by atoms with Crippen LogP contribution in [0, 0.1) is 6.92 Å². The maximum atomic E-state index is 6.15. The third-order valence-corrected chi connectivity index (χ3v) is 3.82. The van der Waals surface area contributed by atoms with Crippen LogP contribution in [0.5, 0.6) is 5.75 Å². The molecule has 1 atom stereocenters. The molecule has 6 nitrogen and oxygen atoms in total. The smallest absolute Gasteiger partial charge is 0.232 e. The summed E-state index contributed by atoms with van der Waals surface area (Å²) in [4.78, 5) is 13.1. The minimum atomic E-state index is 0.315. The Morgan fingerprint density at radius 2 is 1.85 bits per heavy atom. The summed E-state index contributed by atoms with van der Waals surface area (Å²) < 4.78 is 5.15. The summed E-state index contributed by atoms with van der Waals surface area (Å²) in [6.07, 6.45) is 3.43. The van der Waals surface area contributed by atoms with E-state index in [0.717, 1.165) is 12.1 Å². The quantitative estimate of drug-likeness (QED) is 0.621. The molecule has 0 saturated heterocycles. The maximum absolute atomic E-state index is 6.15. The molecule has 0 aliphatic carbocycles. The molecule has 2 aromatic rings. The maximum Gasteiger partial charge on any atom is 0.232 e. The molecule has 0 saturated carbocycles. The zero-order valence-electron chi connectivity index (χ0n) is 16.6. The van der Waals surface area contributed by atoms with Crippen molar-refractivity contribution in [2.75, 3.05) is 17.7 Å². The van der Waals surface area contributed by atoms with Gasteiger partial charge in [0.25, 0.3) is 0 Å². The first kappa shape index (κ1) is 22.0. The van der Waals surface area contributed by atoms with E-state index in [9.17, 15) is 0 Å². The molecule has 7 heteroatoms. The first-order chi connectivity index (χ1) is 12.5. The molecule has 144 valence electrons. The van der Waals surface area contributed by atoms with Crippen molar-refractivity contribution in [3.63, 3.8) is 0 Å². The van der Waals surface area contributed by atoms with Crippen molar-refractivity contribution in [2.24, 2.45) is 0 Å². The van der Waals surface area contributed by atoms with Crippen molar-refractivity contribution in [3.05, 3.63) is 29.0 Å². The highest BCUT2D eigenvalue weighted by Crippen LogP contribution is 2.28. The van der Waals surface area contributed by atoms with Crippen LogP contribution in [-0.4, -0.2) is 28.1 Å². The Kier molecular flexibility index (Phi) is 9.73. The highest BCUT2D eigenvalue weighted by atomic mass is 35.5. The number of nitrogens with zero attached hydrogens (tertiary/aromatic N) is 3. The van der Waals surface area contributed by atoms with Crippen molar-refractivity contribution >= 4 is 29.2 Å². The number of hydrogen-bond donors (Lipinski definition) is 2. The lowest BCUT2D eigenvalue weighted by Gasteiger charge is -2.14. The largest absolute Gasteiger partial charge is 0.495 e. The fourth-order valence-electron chi connectivity index (χ4n) is 2.28. The van der Waals surface area contributed by atoms with Gasteiger partial charge in [-0.3, -0.25) is 0 Å². The second kappa shape index (κ2) is 11.5. The number of nitrogens with one attached hydrogen (secondary N) is 2. The van der Waals surface area contributed by atoms with Crippen LogP contribution in [0.1, 0.15) is 52.8 Å². The second-order valence-electron chi connectivity index (χ2n) is 5.69. The Hall–Kier alpha value is -2.08. The van der Waals surface area contributed by atoms with Crippen molar-refractivity contribution in [1.29, 1.82) is 0 Å². The van der Waals surface area contributed by atoms with Gasteiger partial charge in [-0.25, -0.2) is 0 Å². The monoisotopic (exact) mass is 379 g/mol. The van der Waals surface area contributed by atoms with Gasteiger partial charge in [0.15, 0.2) is 0 Å². The molecule has 26 heavy (non-hydrogen) atoms. The minimum absolute atomic E-state index is 0.315. The number of unbranched alkanes of at least 4 members (excludes halogenated alkanes) is 1. The fourth-order valence-corrected chi connectivity index (χ4v) is 2.54. The van der Waals surface area contributed by atoms with E-state index in [2.05, 4.69) is 39.4 Å². The zero-order valence-corrected chi connectivity index (χ0v) is 17.3. The molecule has 0 radical (unpaired) electrons. The van der Waals surface area contributed by atoms with Gasteiger partial charge >= 0.3 is 0 Å². The van der Waals surface area contributed by atoms with Gasteiger partial charge in [-0.15, -0.1) is 0 Å². The van der Waals surface area contributed by atoms with E-state index in [1.807, 2.05) is 26.8 Å². The van der Waals surface area contributed by atoms with E-state index in [1.54, 1.807) is 19.2 Å². The molecule has 1 heterocycles. The van der Waals surface area contributed by atoms with Crippen LogP contribution in [0.4, 0.5) is 17.6 Å². The number of ether oxygens (including phenoxy) is 1. The first-order valence-electron chi connectivity index (χ1n) is 9.11. The molecular weight excluding hydrogens is 350 g/mol. The number of methoxy groups -OCH3 is 1. The van der Waals surface area contributed by atoms with Crippen LogP contribution in [0.3, 0.4) is 0 Å². The molecule has 0 bridgehead atoms. The molecule has 2 rings (SSSR count). The van der Waals surface area contributed by atoms with E-state index in [0.29, 0.717) is 34.5 Å². The van der Waals surface area contributed by atoms with E-state index in [-0.39, 0.29) is 0 Å². The van der Waals surface area contributed by atoms with Gasteiger partial charge in [0.1, 0.15) is 11.6 Å². The summed E-state index contributed by atoms with van der Waals surface area (Å²) in [5, 5.41) is 7.00. The molecule has 0 aliphatic rings. The molecule has 1 aromatic carbocycles. The topological polar surface area (TPSA) is 72.0 Å². The van der Waals surface area contributed by atoms with Crippen LogP contribution < -0.4 is 15.4 Å².